The predicted molar refractivity (Wildman–Crippen MR) is 81.0 cm³/mol. The number of benzene rings is 1. The van der Waals surface area contributed by atoms with Crippen LogP contribution in [-0.2, 0) is 4.79 Å². The first-order valence-electron chi connectivity index (χ1n) is 7.27. The van der Waals surface area contributed by atoms with Crippen molar-refractivity contribution in [2.75, 3.05) is 13.1 Å². The number of fused-ring (bicyclic) bond motifs is 1. The van der Waals surface area contributed by atoms with Gasteiger partial charge in [-0.05, 0) is 43.6 Å². The monoisotopic (exact) mass is 288 g/mol. The first-order chi connectivity index (χ1) is 10.0. The summed E-state index contributed by atoms with van der Waals surface area (Å²) in [6, 6.07) is 5.58. The molecule has 2 aromatic rings. The highest BCUT2D eigenvalue weighted by atomic mass is 16.2. The number of aromatic amines is 2. The fraction of sp³-hybridized carbons (Fsp3) is 0.467. The average molecular weight is 288 g/mol. The van der Waals surface area contributed by atoms with Crippen LogP contribution in [0.5, 0.6) is 0 Å². The van der Waals surface area contributed by atoms with E-state index in [1.165, 1.54) is 0 Å². The smallest absolute Gasteiger partial charge is 0.323 e. The molecule has 1 saturated heterocycles. The summed E-state index contributed by atoms with van der Waals surface area (Å²) in [5, 5.41) is 6.23. The Labute approximate surface area is 122 Å². The van der Waals surface area contributed by atoms with Crippen LogP contribution in [0.3, 0.4) is 0 Å². The number of H-pyrrole nitrogens is 2. The third-order valence-corrected chi connectivity index (χ3v) is 4.33. The van der Waals surface area contributed by atoms with Crippen molar-refractivity contribution in [3.05, 3.63) is 34.2 Å². The summed E-state index contributed by atoms with van der Waals surface area (Å²) in [6.07, 6.45) is 0. The Hall–Kier alpha value is -2.08. The van der Waals surface area contributed by atoms with Crippen LogP contribution in [0, 0.1) is 11.8 Å². The zero-order chi connectivity index (χ0) is 15.0. The molecule has 1 aliphatic rings. The molecule has 0 spiro atoms. The fourth-order valence-electron chi connectivity index (χ4n) is 2.63. The number of aromatic nitrogens is 2. The van der Waals surface area contributed by atoms with E-state index >= 15 is 0 Å². The minimum atomic E-state index is -0.218. The molecule has 1 amide bonds. The maximum absolute atomic E-state index is 12.2. The highest BCUT2D eigenvalue weighted by Gasteiger charge is 2.29. The summed E-state index contributed by atoms with van der Waals surface area (Å²) >= 11 is 0. The number of hydrogen-bond donors (Lipinski definition) is 4. The molecule has 2 heterocycles. The summed E-state index contributed by atoms with van der Waals surface area (Å²) in [7, 11) is 0. The molecule has 1 aromatic heterocycles. The first-order valence-corrected chi connectivity index (χ1v) is 7.27. The Bertz CT molecular complexity index is 714. The minimum absolute atomic E-state index is 0.0181. The lowest BCUT2D eigenvalue weighted by Crippen LogP contribution is -2.49. The van der Waals surface area contributed by atoms with Crippen molar-refractivity contribution >= 4 is 16.9 Å². The summed E-state index contributed by atoms with van der Waals surface area (Å²) in [6.45, 7) is 5.76. The molecular weight excluding hydrogens is 268 g/mol. The molecule has 2 unspecified atom stereocenters. The zero-order valence-corrected chi connectivity index (χ0v) is 12.2. The van der Waals surface area contributed by atoms with Crippen LogP contribution in [0.15, 0.2) is 23.0 Å². The van der Waals surface area contributed by atoms with Crippen LogP contribution in [0.1, 0.15) is 25.5 Å². The number of carbonyl (C=O) groups excluding carboxylic acids is 1. The molecule has 0 radical (unpaired) electrons. The van der Waals surface area contributed by atoms with Gasteiger partial charge in [-0.3, -0.25) is 4.79 Å². The Morgan fingerprint density at radius 1 is 1.24 bits per heavy atom. The lowest BCUT2D eigenvalue weighted by Gasteiger charge is -2.32. The van der Waals surface area contributed by atoms with Crippen LogP contribution >= 0.6 is 0 Å². The summed E-state index contributed by atoms with van der Waals surface area (Å²) in [4.78, 5) is 28.9. The minimum Gasteiger partial charge on any atom is -0.349 e. The highest BCUT2D eigenvalue weighted by Crippen LogP contribution is 2.20. The Morgan fingerprint density at radius 2 is 1.95 bits per heavy atom. The number of imidazole rings is 1. The van der Waals surface area contributed by atoms with E-state index in [4.69, 9.17) is 0 Å². The Kier molecular flexibility index (Phi) is 3.55. The van der Waals surface area contributed by atoms with Crippen molar-refractivity contribution in [1.82, 2.24) is 20.6 Å². The molecule has 0 aliphatic carbocycles. The molecule has 1 aliphatic heterocycles. The number of hydrogen-bond acceptors (Lipinski definition) is 3. The molecule has 112 valence electrons. The van der Waals surface area contributed by atoms with E-state index in [0.29, 0.717) is 5.92 Å². The van der Waals surface area contributed by atoms with Crippen LogP contribution in [0.2, 0.25) is 0 Å². The highest BCUT2D eigenvalue weighted by molar-refractivity contribution is 5.80. The van der Waals surface area contributed by atoms with E-state index in [1.54, 1.807) is 0 Å². The second-order valence-corrected chi connectivity index (χ2v) is 5.82. The lowest BCUT2D eigenvalue weighted by molar-refractivity contribution is -0.127. The van der Waals surface area contributed by atoms with Crippen LogP contribution in [0.4, 0.5) is 0 Å². The van der Waals surface area contributed by atoms with Crippen LogP contribution in [-0.4, -0.2) is 29.0 Å². The third kappa shape index (κ3) is 2.71. The van der Waals surface area contributed by atoms with Gasteiger partial charge in [0.05, 0.1) is 17.1 Å². The molecule has 4 N–H and O–H groups in total. The van der Waals surface area contributed by atoms with E-state index in [0.717, 1.165) is 29.7 Å². The van der Waals surface area contributed by atoms with E-state index in [2.05, 4.69) is 20.6 Å². The van der Waals surface area contributed by atoms with Gasteiger partial charge in [0.25, 0.3) is 0 Å². The Balaban J connectivity index is 1.72. The van der Waals surface area contributed by atoms with Crippen molar-refractivity contribution < 1.29 is 4.79 Å². The first kappa shape index (κ1) is 13.9. The van der Waals surface area contributed by atoms with Gasteiger partial charge in [0.1, 0.15) is 0 Å². The zero-order valence-electron chi connectivity index (χ0n) is 12.2. The summed E-state index contributed by atoms with van der Waals surface area (Å²) < 4.78 is 0. The molecule has 6 nitrogen and oxygen atoms in total. The van der Waals surface area contributed by atoms with E-state index in [9.17, 15) is 9.59 Å². The van der Waals surface area contributed by atoms with Gasteiger partial charge in [-0.2, -0.15) is 0 Å². The third-order valence-electron chi connectivity index (χ3n) is 4.33. The summed E-state index contributed by atoms with van der Waals surface area (Å²) in [5.41, 5.74) is 2.29. The van der Waals surface area contributed by atoms with Crippen molar-refractivity contribution in [3.8, 4) is 0 Å². The second-order valence-electron chi connectivity index (χ2n) is 5.82. The largest absolute Gasteiger partial charge is 0.349 e. The van der Waals surface area contributed by atoms with Gasteiger partial charge in [0.2, 0.25) is 5.91 Å². The fourth-order valence-corrected chi connectivity index (χ4v) is 2.63. The van der Waals surface area contributed by atoms with Crippen LogP contribution in [0.25, 0.3) is 11.0 Å². The van der Waals surface area contributed by atoms with Gasteiger partial charge >= 0.3 is 5.69 Å². The molecule has 0 bridgehead atoms. The SMILES string of the molecule is CC(NC(=O)C(C)C1CNC1)c1ccc2[nH]c(=O)[nH]c2c1. The average Bonchev–Trinajstić information content (AvgIpc) is 2.75. The van der Waals surface area contributed by atoms with E-state index in [-0.39, 0.29) is 23.6 Å². The molecular formula is C15H20N4O2. The van der Waals surface area contributed by atoms with E-state index in [1.807, 2.05) is 32.0 Å². The lowest BCUT2D eigenvalue weighted by atomic mass is 9.88. The van der Waals surface area contributed by atoms with Crippen molar-refractivity contribution in [2.45, 2.75) is 19.9 Å². The number of carbonyl (C=O) groups is 1. The molecule has 1 aromatic carbocycles. The van der Waals surface area contributed by atoms with E-state index < -0.39 is 0 Å². The van der Waals surface area contributed by atoms with Gasteiger partial charge in [0, 0.05) is 5.92 Å². The number of nitrogens with one attached hydrogen (secondary N) is 4. The standard InChI is InChI=1S/C15H20N4O2/c1-8(11-6-16-7-11)14(20)17-9(2)10-3-4-12-13(5-10)19-15(21)18-12/h3-5,8-9,11,16H,6-7H2,1-2H3,(H,17,20)(H2,18,19,21). The maximum Gasteiger partial charge on any atom is 0.323 e. The number of amides is 1. The number of rotatable bonds is 4. The van der Waals surface area contributed by atoms with Gasteiger partial charge in [-0.15, -0.1) is 0 Å². The molecule has 6 heteroatoms. The van der Waals surface area contributed by atoms with Crippen molar-refractivity contribution in [3.63, 3.8) is 0 Å². The maximum atomic E-state index is 12.2. The van der Waals surface area contributed by atoms with Gasteiger partial charge in [-0.25, -0.2) is 4.79 Å². The molecule has 0 saturated carbocycles. The van der Waals surface area contributed by atoms with Gasteiger partial charge < -0.3 is 20.6 Å². The molecule has 1 fully saturated rings. The van der Waals surface area contributed by atoms with Crippen molar-refractivity contribution in [2.24, 2.45) is 11.8 Å². The van der Waals surface area contributed by atoms with Crippen LogP contribution < -0.4 is 16.3 Å². The Morgan fingerprint density at radius 3 is 2.62 bits per heavy atom. The summed E-state index contributed by atoms with van der Waals surface area (Å²) in [5.74, 6) is 0.530. The normalized spacial score (nSPS) is 18.2. The second kappa shape index (κ2) is 5.37. The topological polar surface area (TPSA) is 89.8 Å². The molecule has 3 rings (SSSR count). The van der Waals surface area contributed by atoms with Gasteiger partial charge in [0.15, 0.2) is 0 Å². The predicted octanol–water partition coefficient (Wildman–Crippen LogP) is 0.889. The molecule has 21 heavy (non-hydrogen) atoms. The van der Waals surface area contributed by atoms with Gasteiger partial charge in [-0.1, -0.05) is 13.0 Å². The molecule has 2 atom stereocenters. The quantitative estimate of drug-likeness (QED) is 0.673. The van der Waals surface area contributed by atoms with Crippen molar-refractivity contribution in [1.29, 1.82) is 0 Å².